The van der Waals surface area contributed by atoms with Crippen LogP contribution in [-0.4, -0.2) is 66.1 Å². The number of likely N-dealkylation sites (tertiary alicyclic amines) is 1. The molecular formula is C29H31F2N7O2. The van der Waals surface area contributed by atoms with Gasteiger partial charge in [0, 0.05) is 68.3 Å². The van der Waals surface area contributed by atoms with Gasteiger partial charge in [0.25, 0.3) is 6.43 Å². The van der Waals surface area contributed by atoms with Crippen LogP contribution in [0.3, 0.4) is 0 Å². The maximum absolute atomic E-state index is 14.4. The molecule has 40 heavy (non-hydrogen) atoms. The number of benzene rings is 1. The van der Waals surface area contributed by atoms with E-state index in [2.05, 4.69) is 10.1 Å². The molecule has 6 rings (SSSR count). The summed E-state index contributed by atoms with van der Waals surface area (Å²) in [5, 5.41) is 4.71. The van der Waals surface area contributed by atoms with Crippen LogP contribution in [-0.2, 0) is 23.2 Å². The van der Waals surface area contributed by atoms with E-state index in [1.54, 1.807) is 36.8 Å². The van der Waals surface area contributed by atoms with Crippen LogP contribution in [0.25, 0.3) is 33.4 Å². The minimum absolute atomic E-state index is 0.000410. The first-order valence-electron chi connectivity index (χ1n) is 13.5. The second-order valence-electron chi connectivity index (χ2n) is 10.8. The molecule has 0 saturated carbocycles. The number of hydrogen-bond acceptors (Lipinski definition) is 5. The van der Waals surface area contributed by atoms with Gasteiger partial charge >= 0.3 is 0 Å². The van der Waals surface area contributed by atoms with Crippen molar-refractivity contribution in [1.82, 2.24) is 34.1 Å². The van der Waals surface area contributed by atoms with Gasteiger partial charge in [-0.15, -0.1) is 0 Å². The third-order valence-corrected chi connectivity index (χ3v) is 8.21. The topological polar surface area (TPSA) is 89.1 Å². The fourth-order valence-corrected chi connectivity index (χ4v) is 6.12. The maximum Gasteiger partial charge on any atom is 0.265 e. The van der Waals surface area contributed by atoms with E-state index in [-0.39, 0.29) is 29.0 Å². The van der Waals surface area contributed by atoms with Crippen molar-refractivity contribution in [2.24, 2.45) is 7.05 Å². The number of aryl methyl sites for hydroxylation is 1. The highest BCUT2D eigenvalue weighted by Crippen LogP contribution is 2.41. The Morgan fingerprint density at radius 1 is 1.10 bits per heavy atom. The highest BCUT2D eigenvalue weighted by Gasteiger charge is 2.37. The number of alkyl halides is 2. The molecule has 1 aromatic carbocycles. The van der Waals surface area contributed by atoms with Crippen LogP contribution in [0.1, 0.15) is 62.2 Å². The van der Waals surface area contributed by atoms with Crippen LogP contribution in [0.2, 0.25) is 0 Å². The number of piperidine rings is 1. The summed E-state index contributed by atoms with van der Waals surface area (Å²) >= 11 is 0. The zero-order valence-electron chi connectivity index (χ0n) is 22.9. The van der Waals surface area contributed by atoms with E-state index in [0.29, 0.717) is 47.4 Å². The Hall–Kier alpha value is -4.15. The zero-order chi connectivity index (χ0) is 28.3. The van der Waals surface area contributed by atoms with Crippen molar-refractivity contribution in [3.63, 3.8) is 0 Å². The predicted molar refractivity (Wildman–Crippen MR) is 146 cm³/mol. The minimum Gasteiger partial charge on any atom is -0.343 e. The van der Waals surface area contributed by atoms with E-state index in [9.17, 15) is 18.4 Å². The van der Waals surface area contributed by atoms with Gasteiger partial charge in [0.1, 0.15) is 11.9 Å². The fraction of sp³-hybridized carbons (Fsp3) is 0.414. The number of amides is 2. The Labute approximate surface area is 230 Å². The van der Waals surface area contributed by atoms with Gasteiger partial charge in [-0.1, -0.05) is 12.1 Å². The summed E-state index contributed by atoms with van der Waals surface area (Å²) in [6, 6.07) is 6.63. The van der Waals surface area contributed by atoms with Gasteiger partial charge < -0.3 is 14.4 Å². The highest BCUT2D eigenvalue weighted by molar-refractivity contribution is 5.96. The summed E-state index contributed by atoms with van der Waals surface area (Å²) < 4.78 is 32.4. The first-order chi connectivity index (χ1) is 19.1. The number of pyridine rings is 1. The minimum atomic E-state index is -2.73. The largest absolute Gasteiger partial charge is 0.343 e. The molecule has 2 amide bonds. The van der Waals surface area contributed by atoms with E-state index < -0.39 is 12.5 Å². The molecule has 11 heteroatoms. The van der Waals surface area contributed by atoms with Crippen LogP contribution in [0.15, 0.2) is 36.7 Å². The number of carbonyl (C=O) groups is 2. The first kappa shape index (κ1) is 26.1. The number of rotatable bonds is 4. The Bertz CT molecular complexity index is 1630. The second kappa shape index (κ2) is 9.79. The number of fused-ring (bicyclic) bond motifs is 2. The third-order valence-electron chi connectivity index (χ3n) is 8.21. The van der Waals surface area contributed by atoms with Crippen molar-refractivity contribution in [1.29, 1.82) is 0 Å². The average molecular weight is 548 g/mol. The SMILES string of the molecule is CC(=O)N1CCC(c2nc(-c3cccc4nc(-c5cnn(C)c5)c(C(F)F)cc34)c3n2C(C)C(=O)N(C)C3)CC1. The van der Waals surface area contributed by atoms with Gasteiger partial charge in [-0.25, -0.2) is 18.7 Å². The number of imidazole rings is 1. The molecule has 208 valence electrons. The van der Waals surface area contributed by atoms with E-state index >= 15 is 0 Å². The van der Waals surface area contributed by atoms with E-state index in [1.807, 2.05) is 34.6 Å². The third kappa shape index (κ3) is 4.24. The van der Waals surface area contributed by atoms with Crippen LogP contribution in [0.4, 0.5) is 8.78 Å². The number of likely N-dealkylation sites (N-methyl/N-ethyl adjacent to an activating group) is 1. The molecule has 9 nitrogen and oxygen atoms in total. The number of carbonyl (C=O) groups excluding carboxylic acids is 2. The Kier molecular flexibility index (Phi) is 6.39. The summed E-state index contributed by atoms with van der Waals surface area (Å²) in [6.45, 7) is 5.08. The Balaban J connectivity index is 1.53. The van der Waals surface area contributed by atoms with Gasteiger partial charge in [0.2, 0.25) is 11.8 Å². The molecule has 0 bridgehead atoms. The van der Waals surface area contributed by atoms with Crippen molar-refractivity contribution in [3.8, 4) is 22.5 Å². The zero-order valence-corrected chi connectivity index (χ0v) is 22.9. The van der Waals surface area contributed by atoms with Crippen molar-refractivity contribution in [2.45, 2.75) is 51.6 Å². The van der Waals surface area contributed by atoms with E-state index in [1.165, 1.54) is 12.3 Å². The van der Waals surface area contributed by atoms with E-state index in [0.717, 1.165) is 24.4 Å². The molecule has 0 spiro atoms. The summed E-state index contributed by atoms with van der Waals surface area (Å²) in [6.07, 6.45) is 1.96. The number of nitrogens with zero attached hydrogens (tertiary/aromatic N) is 7. The van der Waals surface area contributed by atoms with Gasteiger partial charge in [0.15, 0.2) is 0 Å². The van der Waals surface area contributed by atoms with Gasteiger partial charge in [0.05, 0.1) is 35.3 Å². The van der Waals surface area contributed by atoms with Crippen LogP contribution < -0.4 is 0 Å². The molecule has 3 aromatic heterocycles. The molecule has 2 aliphatic rings. The van der Waals surface area contributed by atoms with Gasteiger partial charge in [-0.05, 0) is 31.9 Å². The molecule has 1 atom stereocenters. The number of halogens is 2. The molecule has 1 unspecified atom stereocenters. The maximum atomic E-state index is 14.4. The van der Waals surface area contributed by atoms with Crippen molar-refractivity contribution in [3.05, 3.63) is 53.7 Å². The summed E-state index contributed by atoms with van der Waals surface area (Å²) in [7, 11) is 3.50. The molecule has 0 N–H and O–H groups in total. The lowest BCUT2D eigenvalue weighted by atomic mass is 9.95. The average Bonchev–Trinajstić information content (AvgIpc) is 3.54. The van der Waals surface area contributed by atoms with Gasteiger partial charge in [-0.2, -0.15) is 5.10 Å². The van der Waals surface area contributed by atoms with Crippen molar-refractivity contribution < 1.29 is 18.4 Å². The lowest BCUT2D eigenvalue weighted by molar-refractivity contribution is -0.135. The predicted octanol–water partition coefficient (Wildman–Crippen LogP) is 4.70. The summed E-state index contributed by atoms with van der Waals surface area (Å²) in [5.41, 5.74) is 3.40. The lowest BCUT2D eigenvalue weighted by Gasteiger charge is -2.34. The molecule has 0 radical (unpaired) electrons. The standard InChI is InChI=1S/C29H31F2N7O2/c1-16-29(40)35(3)15-24-26(34-28(38(16)24)18-8-10-37(11-9-18)17(2)39)20-6-5-7-23-21(20)12-22(27(30)31)25(33-23)19-13-32-36(4)14-19/h5-7,12-14,16,18,27H,8-11,15H2,1-4H3. The monoisotopic (exact) mass is 547 g/mol. The number of aromatic nitrogens is 5. The molecule has 5 heterocycles. The molecular weight excluding hydrogens is 516 g/mol. The Morgan fingerprint density at radius 3 is 2.50 bits per heavy atom. The first-order valence-corrected chi connectivity index (χ1v) is 13.5. The quantitative estimate of drug-likeness (QED) is 0.370. The normalized spacial score (nSPS) is 18.2. The van der Waals surface area contributed by atoms with Crippen LogP contribution >= 0.6 is 0 Å². The summed E-state index contributed by atoms with van der Waals surface area (Å²) in [5.74, 6) is 0.939. The molecule has 4 aromatic rings. The Morgan fingerprint density at radius 2 is 1.85 bits per heavy atom. The lowest BCUT2D eigenvalue weighted by Crippen LogP contribution is -2.41. The smallest absolute Gasteiger partial charge is 0.265 e. The summed E-state index contributed by atoms with van der Waals surface area (Å²) in [4.78, 5) is 38.3. The molecule has 0 aliphatic carbocycles. The van der Waals surface area contributed by atoms with Crippen molar-refractivity contribution in [2.75, 3.05) is 20.1 Å². The molecule has 1 fully saturated rings. The van der Waals surface area contributed by atoms with E-state index in [4.69, 9.17) is 4.98 Å². The molecule has 1 saturated heterocycles. The fourth-order valence-electron chi connectivity index (χ4n) is 6.12. The number of hydrogen-bond donors (Lipinski definition) is 0. The van der Waals surface area contributed by atoms with Crippen LogP contribution in [0, 0.1) is 0 Å². The highest BCUT2D eigenvalue weighted by atomic mass is 19.3. The second-order valence-corrected chi connectivity index (χ2v) is 10.8. The van der Waals surface area contributed by atoms with Crippen LogP contribution in [0.5, 0.6) is 0 Å². The van der Waals surface area contributed by atoms with Gasteiger partial charge in [-0.3, -0.25) is 14.3 Å². The molecule has 2 aliphatic heterocycles. The van der Waals surface area contributed by atoms with Crippen molar-refractivity contribution >= 4 is 22.7 Å².